The molecule has 0 bridgehead atoms. The lowest BCUT2D eigenvalue weighted by atomic mass is 10.0. The van der Waals surface area contributed by atoms with Gasteiger partial charge in [-0.2, -0.15) is 0 Å². The Morgan fingerprint density at radius 3 is 2.25 bits per heavy atom. The number of esters is 1. The number of Topliss-reactive ketones (excluding diaryl/α,β-unsaturated/α-hetero) is 1. The lowest BCUT2D eigenvalue weighted by molar-refractivity contribution is -0.143. The van der Waals surface area contributed by atoms with Crippen molar-refractivity contribution < 1.29 is 18.8 Å². The first kappa shape index (κ1) is 16.6. The van der Waals surface area contributed by atoms with Gasteiger partial charge in [0.25, 0.3) is 0 Å². The average Bonchev–Trinajstić information content (AvgIpc) is 2.37. The van der Waals surface area contributed by atoms with E-state index in [1.54, 1.807) is 0 Å². The summed E-state index contributed by atoms with van der Waals surface area (Å²) in [6.45, 7) is 6.23. The standard InChI is InChI=1S/C15H22O4Si/c1-18-15(17)11-13(16)10-14(19-20(2,3)4)12-8-6-5-7-9-12/h5-9,14H,10-11H2,1-4H3/t14-/m1/s1. The number of ketones is 1. The van der Waals surface area contributed by atoms with Crippen LogP contribution in [-0.2, 0) is 18.8 Å². The summed E-state index contributed by atoms with van der Waals surface area (Å²) >= 11 is 0. The van der Waals surface area contributed by atoms with E-state index in [1.165, 1.54) is 7.11 Å². The van der Waals surface area contributed by atoms with E-state index in [2.05, 4.69) is 24.4 Å². The molecule has 0 heterocycles. The van der Waals surface area contributed by atoms with Crippen LogP contribution in [0.15, 0.2) is 30.3 Å². The first-order valence-corrected chi connectivity index (χ1v) is 10.0. The third kappa shape index (κ3) is 6.12. The molecule has 0 radical (unpaired) electrons. The summed E-state index contributed by atoms with van der Waals surface area (Å²) in [5.41, 5.74) is 0.966. The molecule has 0 saturated heterocycles. The molecule has 0 saturated carbocycles. The topological polar surface area (TPSA) is 52.6 Å². The summed E-state index contributed by atoms with van der Waals surface area (Å²) < 4.78 is 10.6. The Morgan fingerprint density at radius 1 is 1.15 bits per heavy atom. The normalized spacial score (nSPS) is 12.8. The van der Waals surface area contributed by atoms with Crippen molar-refractivity contribution in [3.63, 3.8) is 0 Å². The number of benzene rings is 1. The second-order valence-electron chi connectivity index (χ2n) is 5.63. The fraction of sp³-hybridized carbons (Fsp3) is 0.467. The van der Waals surface area contributed by atoms with Gasteiger partial charge in [0.2, 0.25) is 0 Å². The second kappa shape index (κ2) is 7.35. The zero-order valence-electron chi connectivity index (χ0n) is 12.5. The maximum absolute atomic E-state index is 11.9. The summed E-state index contributed by atoms with van der Waals surface area (Å²) in [5.74, 6) is -0.668. The van der Waals surface area contributed by atoms with Crippen LogP contribution in [-0.4, -0.2) is 27.2 Å². The van der Waals surface area contributed by atoms with Gasteiger partial charge in [0, 0.05) is 6.42 Å². The van der Waals surface area contributed by atoms with Crippen LogP contribution in [0.2, 0.25) is 19.6 Å². The molecule has 0 aliphatic rings. The highest BCUT2D eigenvalue weighted by atomic mass is 28.4. The van der Waals surface area contributed by atoms with Crippen molar-refractivity contribution in [1.29, 1.82) is 0 Å². The van der Waals surface area contributed by atoms with Crippen molar-refractivity contribution in [3.8, 4) is 0 Å². The first-order valence-electron chi connectivity index (χ1n) is 6.63. The maximum Gasteiger partial charge on any atom is 0.313 e. The third-order valence-electron chi connectivity index (χ3n) is 2.65. The van der Waals surface area contributed by atoms with Gasteiger partial charge >= 0.3 is 5.97 Å². The van der Waals surface area contributed by atoms with Gasteiger partial charge in [-0.1, -0.05) is 30.3 Å². The molecule has 110 valence electrons. The zero-order valence-corrected chi connectivity index (χ0v) is 13.5. The van der Waals surface area contributed by atoms with Gasteiger partial charge in [-0.05, 0) is 25.2 Å². The van der Waals surface area contributed by atoms with E-state index in [4.69, 9.17) is 4.43 Å². The molecule has 0 fully saturated rings. The van der Waals surface area contributed by atoms with Gasteiger partial charge in [0.1, 0.15) is 12.2 Å². The zero-order chi connectivity index (χ0) is 15.2. The number of rotatable bonds is 7. The number of carbonyl (C=O) groups is 2. The Balaban J connectivity index is 2.79. The number of hydrogen-bond donors (Lipinski definition) is 0. The molecular weight excluding hydrogens is 272 g/mol. The third-order valence-corrected chi connectivity index (χ3v) is 3.64. The lowest BCUT2D eigenvalue weighted by Crippen LogP contribution is -2.29. The quantitative estimate of drug-likeness (QED) is 0.440. The van der Waals surface area contributed by atoms with Gasteiger partial charge in [-0.3, -0.25) is 9.59 Å². The minimum atomic E-state index is -1.79. The Hall–Kier alpha value is -1.46. The van der Waals surface area contributed by atoms with Gasteiger partial charge in [0.05, 0.1) is 13.2 Å². The van der Waals surface area contributed by atoms with Gasteiger partial charge in [-0.15, -0.1) is 0 Å². The fourth-order valence-electron chi connectivity index (χ4n) is 1.83. The van der Waals surface area contributed by atoms with Gasteiger partial charge in [-0.25, -0.2) is 0 Å². The smallest absolute Gasteiger partial charge is 0.313 e. The summed E-state index contributed by atoms with van der Waals surface area (Å²) in [4.78, 5) is 23.1. The van der Waals surface area contributed by atoms with E-state index in [0.29, 0.717) is 0 Å². The van der Waals surface area contributed by atoms with Crippen molar-refractivity contribution in [2.24, 2.45) is 0 Å². The Bertz CT molecular complexity index is 451. The monoisotopic (exact) mass is 294 g/mol. The molecule has 4 nitrogen and oxygen atoms in total. The molecule has 0 aliphatic carbocycles. The van der Waals surface area contributed by atoms with Crippen molar-refractivity contribution >= 4 is 20.1 Å². The van der Waals surface area contributed by atoms with Crippen LogP contribution in [0.5, 0.6) is 0 Å². The van der Waals surface area contributed by atoms with Crippen LogP contribution >= 0.6 is 0 Å². The van der Waals surface area contributed by atoms with E-state index < -0.39 is 14.3 Å². The van der Waals surface area contributed by atoms with Crippen LogP contribution in [0, 0.1) is 0 Å². The molecule has 0 spiro atoms. The molecule has 20 heavy (non-hydrogen) atoms. The second-order valence-corrected chi connectivity index (χ2v) is 10.1. The average molecular weight is 294 g/mol. The first-order chi connectivity index (χ1) is 9.31. The van der Waals surface area contributed by atoms with Crippen LogP contribution in [0.1, 0.15) is 24.5 Å². The fourth-order valence-corrected chi connectivity index (χ4v) is 2.91. The minimum Gasteiger partial charge on any atom is -0.469 e. The Kier molecular flexibility index (Phi) is 6.10. The Morgan fingerprint density at radius 2 is 1.75 bits per heavy atom. The SMILES string of the molecule is COC(=O)CC(=O)C[C@@H](O[Si](C)(C)C)c1ccccc1. The van der Waals surface area contributed by atoms with Crippen LogP contribution in [0.3, 0.4) is 0 Å². The van der Waals surface area contributed by atoms with E-state index in [0.717, 1.165) is 5.56 Å². The molecule has 5 heteroatoms. The molecule has 0 unspecified atom stereocenters. The summed E-state index contributed by atoms with van der Waals surface area (Å²) in [6, 6.07) is 9.64. The molecule has 0 N–H and O–H groups in total. The molecule has 1 aromatic rings. The summed E-state index contributed by atoms with van der Waals surface area (Å²) in [6.07, 6.45) is -0.293. The summed E-state index contributed by atoms with van der Waals surface area (Å²) in [7, 11) is -0.506. The highest BCUT2D eigenvalue weighted by Gasteiger charge is 2.25. The van der Waals surface area contributed by atoms with Crippen molar-refractivity contribution in [1.82, 2.24) is 0 Å². The van der Waals surface area contributed by atoms with E-state index in [-0.39, 0.29) is 24.7 Å². The number of carbonyl (C=O) groups excluding carboxylic acids is 2. The highest BCUT2D eigenvalue weighted by Crippen LogP contribution is 2.26. The predicted octanol–water partition coefficient (Wildman–Crippen LogP) is 3.10. The number of ether oxygens (including phenoxy) is 1. The van der Waals surface area contributed by atoms with E-state index in [9.17, 15) is 9.59 Å². The molecule has 0 aromatic heterocycles. The molecule has 1 aromatic carbocycles. The minimum absolute atomic E-state index is 0.163. The van der Waals surface area contributed by atoms with Crippen LogP contribution in [0.4, 0.5) is 0 Å². The van der Waals surface area contributed by atoms with Crippen molar-refractivity contribution in [2.45, 2.75) is 38.6 Å². The molecule has 1 rings (SSSR count). The number of methoxy groups -OCH3 is 1. The highest BCUT2D eigenvalue weighted by molar-refractivity contribution is 6.69. The van der Waals surface area contributed by atoms with Crippen molar-refractivity contribution in [2.75, 3.05) is 7.11 Å². The van der Waals surface area contributed by atoms with E-state index >= 15 is 0 Å². The van der Waals surface area contributed by atoms with Gasteiger partial charge < -0.3 is 9.16 Å². The van der Waals surface area contributed by atoms with Crippen LogP contribution in [0.25, 0.3) is 0 Å². The Labute approximate surface area is 121 Å². The largest absolute Gasteiger partial charge is 0.469 e. The van der Waals surface area contributed by atoms with Crippen molar-refractivity contribution in [3.05, 3.63) is 35.9 Å². The lowest BCUT2D eigenvalue weighted by Gasteiger charge is -2.26. The number of hydrogen-bond acceptors (Lipinski definition) is 4. The van der Waals surface area contributed by atoms with Gasteiger partial charge in [0.15, 0.2) is 8.32 Å². The predicted molar refractivity (Wildman–Crippen MR) is 79.9 cm³/mol. The molecule has 1 atom stereocenters. The van der Waals surface area contributed by atoms with Crippen LogP contribution < -0.4 is 0 Å². The maximum atomic E-state index is 11.9. The molecular formula is C15H22O4Si. The van der Waals surface area contributed by atoms with E-state index in [1.807, 2.05) is 30.3 Å². The molecule has 0 amide bonds. The molecule has 0 aliphatic heterocycles. The summed E-state index contributed by atoms with van der Waals surface area (Å²) in [5, 5.41) is 0.